The maximum absolute atomic E-state index is 13.5. The molecule has 0 fully saturated rings. The molecule has 0 aliphatic heterocycles. The zero-order valence-corrected chi connectivity index (χ0v) is 12.7. The zero-order valence-electron chi connectivity index (χ0n) is 9.51. The van der Waals surface area contributed by atoms with Crippen molar-refractivity contribution in [2.24, 2.45) is 0 Å². The van der Waals surface area contributed by atoms with Crippen LogP contribution in [0.15, 0.2) is 24.3 Å². The van der Waals surface area contributed by atoms with E-state index in [0.717, 1.165) is 20.8 Å². The fourth-order valence-corrected chi connectivity index (χ4v) is 3.58. The van der Waals surface area contributed by atoms with E-state index >= 15 is 0 Å². The molecule has 1 aromatic carbocycles. The monoisotopic (exact) mass is 350 g/mol. The number of alkyl halides is 1. The highest BCUT2D eigenvalue weighted by atomic mass is 79.9. The largest absolute Gasteiger partial charge is 0.207 e. The third kappa shape index (κ3) is 3.11. The molecule has 18 heavy (non-hydrogen) atoms. The lowest BCUT2D eigenvalue weighted by Gasteiger charge is -2.08. The van der Waals surface area contributed by atoms with E-state index in [1.54, 1.807) is 0 Å². The van der Waals surface area contributed by atoms with Gasteiger partial charge in [0.05, 0.1) is 9.16 Å². The summed E-state index contributed by atoms with van der Waals surface area (Å²) < 4.78 is 27.1. The lowest BCUT2D eigenvalue weighted by atomic mass is 10.1. The van der Waals surface area contributed by atoms with Gasteiger partial charge in [0.25, 0.3) is 0 Å². The van der Waals surface area contributed by atoms with Gasteiger partial charge in [-0.25, -0.2) is 8.78 Å². The first-order chi connectivity index (χ1) is 8.47. The van der Waals surface area contributed by atoms with Crippen molar-refractivity contribution in [2.45, 2.75) is 18.2 Å². The minimum Gasteiger partial charge on any atom is -0.207 e. The fraction of sp³-hybridized carbons (Fsp3) is 0.231. The van der Waals surface area contributed by atoms with Crippen LogP contribution in [0.1, 0.15) is 20.8 Å². The Balaban J connectivity index is 2.18. The number of rotatable bonds is 3. The van der Waals surface area contributed by atoms with Crippen molar-refractivity contribution in [1.29, 1.82) is 0 Å². The molecule has 2 rings (SSSR count). The molecule has 0 amide bonds. The third-order valence-electron chi connectivity index (χ3n) is 2.60. The summed E-state index contributed by atoms with van der Waals surface area (Å²) in [6, 6.07) is 5.63. The third-order valence-corrected chi connectivity index (χ3v) is 5.39. The van der Waals surface area contributed by atoms with Gasteiger partial charge in [0, 0.05) is 10.9 Å². The van der Waals surface area contributed by atoms with Crippen molar-refractivity contribution >= 4 is 38.9 Å². The maximum Gasteiger partial charge on any atom is 0.129 e. The van der Waals surface area contributed by atoms with Crippen LogP contribution < -0.4 is 0 Å². The Kier molecular flexibility index (Phi) is 4.41. The summed E-state index contributed by atoms with van der Waals surface area (Å²) in [6.07, 6.45) is 0.461. The van der Waals surface area contributed by atoms with Crippen molar-refractivity contribution in [3.63, 3.8) is 0 Å². The Morgan fingerprint density at radius 1 is 1.33 bits per heavy atom. The molecule has 1 aromatic heterocycles. The first kappa shape index (κ1) is 14.0. The molecule has 0 radical (unpaired) electrons. The van der Waals surface area contributed by atoms with E-state index in [1.807, 2.05) is 13.0 Å². The number of hydrogen-bond donors (Lipinski definition) is 0. The van der Waals surface area contributed by atoms with E-state index in [4.69, 9.17) is 11.6 Å². The molecule has 0 nitrogen and oxygen atoms in total. The zero-order chi connectivity index (χ0) is 13.3. The smallest absolute Gasteiger partial charge is 0.129 e. The van der Waals surface area contributed by atoms with Gasteiger partial charge in [-0.3, -0.25) is 0 Å². The minimum absolute atomic E-state index is 0.0198. The standard InChI is InChI=1S/C13H10BrClF2S/c1-7-4-12(18-13(7)15)10(14)5-8-2-3-9(16)6-11(8)17/h2-4,6,10H,5H2,1H3. The minimum atomic E-state index is -0.558. The van der Waals surface area contributed by atoms with Crippen LogP contribution in [0, 0.1) is 18.6 Å². The van der Waals surface area contributed by atoms with Crippen molar-refractivity contribution in [3.05, 3.63) is 56.2 Å². The lowest BCUT2D eigenvalue weighted by molar-refractivity contribution is 0.571. The SMILES string of the molecule is Cc1cc(C(Br)Cc2ccc(F)cc2F)sc1Cl. The van der Waals surface area contributed by atoms with Gasteiger partial charge in [-0.1, -0.05) is 33.6 Å². The normalized spacial score (nSPS) is 12.7. The van der Waals surface area contributed by atoms with Gasteiger partial charge in [0.1, 0.15) is 11.6 Å². The quantitative estimate of drug-likeness (QED) is 0.625. The van der Waals surface area contributed by atoms with Gasteiger partial charge in [0.2, 0.25) is 0 Å². The predicted octanol–water partition coefficient (Wildman–Crippen LogP) is 5.67. The molecule has 5 heteroatoms. The molecule has 0 N–H and O–H groups in total. The summed E-state index contributed by atoms with van der Waals surface area (Å²) in [4.78, 5) is 1.02. The van der Waals surface area contributed by atoms with Gasteiger partial charge in [-0.05, 0) is 36.6 Å². The van der Waals surface area contributed by atoms with Crippen molar-refractivity contribution in [2.75, 3.05) is 0 Å². The summed E-state index contributed by atoms with van der Waals surface area (Å²) in [5, 5.41) is 0. The fourth-order valence-electron chi connectivity index (χ4n) is 1.62. The molecule has 0 bridgehead atoms. The number of thiophene rings is 1. The second kappa shape index (κ2) is 5.68. The van der Waals surface area contributed by atoms with E-state index < -0.39 is 11.6 Å². The highest BCUT2D eigenvalue weighted by Crippen LogP contribution is 2.37. The van der Waals surface area contributed by atoms with Crippen LogP contribution in [0.5, 0.6) is 0 Å². The van der Waals surface area contributed by atoms with Gasteiger partial charge in [-0.15, -0.1) is 11.3 Å². The van der Waals surface area contributed by atoms with Crippen molar-refractivity contribution < 1.29 is 8.78 Å². The topological polar surface area (TPSA) is 0 Å². The molecular formula is C13H10BrClF2S. The van der Waals surface area contributed by atoms with E-state index in [2.05, 4.69) is 15.9 Å². The second-order valence-electron chi connectivity index (χ2n) is 4.01. The Morgan fingerprint density at radius 2 is 2.06 bits per heavy atom. The van der Waals surface area contributed by atoms with E-state index in [1.165, 1.54) is 23.5 Å². The average molecular weight is 352 g/mol. The number of aryl methyl sites for hydroxylation is 1. The molecule has 0 saturated carbocycles. The molecular weight excluding hydrogens is 342 g/mol. The van der Waals surface area contributed by atoms with Crippen LogP contribution >= 0.6 is 38.9 Å². The molecule has 96 valence electrons. The molecule has 1 heterocycles. The summed E-state index contributed by atoms with van der Waals surface area (Å²) in [6.45, 7) is 1.93. The first-order valence-electron chi connectivity index (χ1n) is 5.31. The van der Waals surface area contributed by atoms with Crippen LogP contribution in [0.2, 0.25) is 4.34 Å². The average Bonchev–Trinajstić information content (AvgIpc) is 2.63. The molecule has 0 spiro atoms. The van der Waals surface area contributed by atoms with Gasteiger partial charge >= 0.3 is 0 Å². The van der Waals surface area contributed by atoms with Gasteiger partial charge in [-0.2, -0.15) is 0 Å². The number of benzene rings is 1. The molecule has 2 aromatic rings. The molecule has 1 unspecified atom stereocenters. The summed E-state index contributed by atoms with van der Waals surface area (Å²) in [5.74, 6) is -1.07. The van der Waals surface area contributed by atoms with E-state index in [-0.39, 0.29) is 4.83 Å². The van der Waals surface area contributed by atoms with E-state index in [9.17, 15) is 8.78 Å². The number of hydrogen-bond acceptors (Lipinski definition) is 1. The van der Waals surface area contributed by atoms with Crippen LogP contribution in [-0.4, -0.2) is 0 Å². The highest BCUT2D eigenvalue weighted by molar-refractivity contribution is 9.09. The number of halogens is 4. The highest BCUT2D eigenvalue weighted by Gasteiger charge is 2.15. The van der Waals surface area contributed by atoms with Crippen molar-refractivity contribution in [1.82, 2.24) is 0 Å². The van der Waals surface area contributed by atoms with Crippen LogP contribution in [0.25, 0.3) is 0 Å². The maximum atomic E-state index is 13.5. The van der Waals surface area contributed by atoms with Crippen molar-refractivity contribution in [3.8, 4) is 0 Å². The summed E-state index contributed by atoms with van der Waals surface area (Å²) in [5.41, 5.74) is 1.50. The predicted molar refractivity (Wildman–Crippen MR) is 75.8 cm³/mol. The van der Waals surface area contributed by atoms with Crippen LogP contribution in [0.3, 0.4) is 0 Å². The summed E-state index contributed by atoms with van der Waals surface area (Å²) in [7, 11) is 0. The lowest BCUT2D eigenvalue weighted by Crippen LogP contribution is -1.97. The molecule has 0 aliphatic carbocycles. The Bertz CT molecular complexity index is 549. The second-order valence-corrected chi connectivity index (χ2v) is 6.80. The summed E-state index contributed by atoms with van der Waals surface area (Å²) >= 11 is 11.0. The van der Waals surface area contributed by atoms with Crippen LogP contribution in [0.4, 0.5) is 8.78 Å². The van der Waals surface area contributed by atoms with Gasteiger partial charge < -0.3 is 0 Å². The Labute approximate surface area is 122 Å². The first-order valence-corrected chi connectivity index (χ1v) is 7.42. The van der Waals surface area contributed by atoms with Gasteiger partial charge in [0.15, 0.2) is 0 Å². The molecule has 1 atom stereocenters. The Hall–Kier alpha value is -0.450. The van der Waals surface area contributed by atoms with Crippen LogP contribution in [-0.2, 0) is 6.42 Å². The molecule has 0 aliphatic rings. The van der Waals surface area contributed by atoms with E-state index in [0.29, 0.717) is 12.0 Å². The molecule has 0 saturated heterocycles. The Morgan fingerprint density at radius 3 is 2.61 bits per heavy atom.